The molecule has 0 radical (unpaired) electrons. The third-order valence-electron chi connectivity index (χ3n) is 3.37. The van der Waals surface area contributed by atoms with Crippen molar-refractivity contribution in [3.63, 3.8) is 0 Å². The Morgan fingerprint density at radius 2 is 2.14 bits per heavy atom. The Morgan fingerprint density at radius 1 is 1.38 bits per heavy atom. The molecule has 1 aromatic carbocycles. The molecule has 2 unspecified atom stereocenters. The monoisotopic (exact) mass is 299 g/mol. The molecule has 0 bridgehead atoms. The number of aromatic nitrogens is 2. The molecular weight excluding hydrogens is 286 g/mol. The summed E-state index contributed by atoms with van der Waals surface area (Å²) in [6.07, 6.45) is 2.19. The number of nitrogens with zero attached hydrogens (tertiary/aromatic N) is 4. The zero-order valence-corrected chi connectivity index (χ0v) is 12.2. The fourth-order valence-corrected chi connectivity index (χ4v) is 2.49. The number of hydrogen-bond donors (Lipinski definition) is 1. The molecule has 1 aromatic heterocycles. The van der Waals surface area contributed by atoms with E-state index in [0.717, 1.165) is 5.56 Å². The largest absolute Gasteiger partial charge is 0.326 e. The summed E-state index contributed by atoms with van der Waals surface area (Å²) in [6, 6.07) is 10.8. The normalized spacial score (nSPS) is 13.2. The molecule has 0 saturated heterocycles. The van der Waals surface area contributed by atoms with Crippen LogP contribution in [0.25, 0.3) is 0 Å². The maximum absolute atomic E-state index is 9.30. The minimum Gasteiger partial charge on any atom is -0.326 e. The van der Waals surface area contributed by atoms with E-state index in [1.807, 2.05) is 37.3 Å². The van der Waals surface area contributed by atoms with Gasteiger partial charge in [0.1, 0.15) is 12.1 Å². The molecule has 5 nitrogen and oxygen atoms in total. The van der Waals surface area contributed by atoms with E-state index in [-0.39, 0.29) is 23.5 Å². The van der Waals surface area contributed by atoms with Crippen molar-refractivity contribution in [3.8, 4) is 12.1 Å². The van der Waals surface area contributed by atoms with Crippen LogP contribution in [-0.4, -0.2) is 15.6 Å². The van der Waals surface area contributed by atoms with E-state index >= 15 is 0 Å². The zero-order chi connectivity index (χ0) is 15.4. The first-order valence-corrected chi connectivity index (χ1v) is 6.88. The molecule has 21 heavy (non-hydrogen) atoms. The number of hydrogen-bond acceptors (Lipinski definition) is 4. The quantitative estimate of drug-likeness (QED) is 0.939. The van der Waals surface area contributed by atoms with Gasteiger partial charge in [0.15, 0.2) is 11.4 Å². The smallest absolute Gasteiger partial charge is 0.176 e. The lowest BCUT2D eigenvalue weighted by atomic mass is 9.97. The molecule has 106 valence electrons. The Hall–Kier alpha value is -2.34. The van der Waals surface area contributed by atoms with Crippen LogP contribution in [0, 0.1) is 22.7 Å². The Labute approximate surface area is 128 Å². The molecule has 0 fully saturated rings. The van der Waals surface area contributed by atoms with Crippen molar-refractivity contribution in [3.05, 3.63) is 52.6 Å². The number of nitriles is 2. The summed E-state index contributed by atoms with van der Waals surface area (Å²) in [6.45, 7) is 1.97. The van der Waals surface area contributed by atoms with Gasteiger partial charge in [0.2, 0.25) is 0 Å². The lowest BCUT2D eigenvalue weighted by molar-refractivity contribution is 0.455. The van der Waals surface area contributed by atoms with Crippen LogP contribution < -0.4 is 5.73 Å². The van der Waals surface area contributed by atoms with Crippen molar-refractivity contribution < 1.29 is 0 Å². The first kappa shape index (κ1) is 15.1. The minimum absolute atomic E-state index is 0.104. The van der Waals surface area contributed by atoms with Gasteiger partial charge in [-0.05, 0) is 24.1 Å². The van der Waals surface area contributed by atoms with E-state index in [0.29, 0.717) is 11.4 Å². The van der Waals surface area contributed by atoms with Gasteiger partial charge in [-0.2, -0.15) is 10.5 Å². The van der Waals surface area contributed by atoms with Crippen LogP contribution in [0.3, 0.4) is 0 Å². The topological polar surface area (TPSA) is 91.4 Å². The van der Waals surface area contributed by atoms with Crippen LogP contribution in [0.1, 0.15) is 36.3 Å². The van der Waals surface area contributed by atoms with Gasteiger partial charge in [0.25, 0.3) is 0 Å². The molecule has 1 heterocycles. The number of rotatable bonds is 4. The van der Waals surface area contributed by atoms with Gasteiger partial charge in [-0.15, -0.1) is 0 Å². The molecule has 0 aliphatic carbocycles. The Bertz CT molecular complexity index is 722. The van der Waals surface area contributed by atoms with E-state index in [9.17, 15) is 5.26 Å². The highest BCUT2D eigenvalue weighted by Crippen LogP contribution is 2.27. The summed E-state index contributed by atoms with van der Waals surface area (Å²) in [5.41, 5.74) is 7.42. The van der Waals surface area contributed by atoms with Crippen molar-refractivity contribution in [1.29, 1.82) is 10.5 Å². The van der Waals surface area contributed by atoms with Crippen LogP contribution >= 0.6 is 11.6 Å². The summed E-state index contributed by atoms with van der Waals surface area (Å²) >= 11 is 6.05. The fourth-order valence-electron chi connectivity index (χ4n) is 2.29. The number of benzene rings is 1. The molecule has 2 rings (SSSR count). The second-order valence-electron chi connectivity index (χ2n) is 4.64. The molecule has 2 N–H and O–H groups in total. The Kier molecular flexibility index (Phi) is 4.59. The standard InChI is InChI=1S/C15H14ClN5/c1-2-12(19)15(10-4-3-5-11(16)6-10)21-9-20-13(7-17)14(21)8-18/h3-6,9,12,15H,2,19H2,1H3. The second kappa shape index (κ2) is 6.41. The van der Waals surface area contributed by atoms with Crippen molar-refractivity contribution >= 4 is 11.6 Å². The lowest BCUT2D eigenvalue weighted by Crippen LogP contribution is -2.33. The summed E-state index contributed by atoms with van der Waals surface area (Å²) in [5, 5.41) is 18.9. The van der Waals surface area contributed by atoms with E-state index < -0.39 is 0 Å². The molecule has 0 aliphatic rings. The number of nitrogens with two attached hydrogens (primary N) is 1. The van der Waals surface area contributed by atoms with Crippen molar-refractivity contribution in [2.45, 2.75) is 25.4 Å². The third kappa shape index (κ3) is 2.90. The van der Waals surface area contributed by atoms with Gasteiger partial charge in [0, 0.05) is 11.1 Å². The van der Waals surface area contributed by atoms with Gasteiger partial charge in [-0.3, -0.25) is 0 Å². The molecule has 2 atom stereocenters. The molecule has 0 saturated carbocycles. The van der Waals surface area contributed by atoms with E-state index in [4.69, 9.17) is 22.6 Å². The van der Waals surface area contributed by atoms with Gasteiger partial charge in [-0.1, -0.05) is 30.7 Å². The zero-order valence-electron chi connectivity index (χ0n) is 11.5. The molecule has 0 aliphatic heterocycles. The van der Waals surface area contributed by atoms with Gasteiger partial charge in [0.05, 0.1) is 12.4 Å². The van der Waals surface area contributed by atoms with Crippen LogP contribution in [0.4, 0.5) is 0 Å². The van der Waals surface area contributed by atoms with Crippen molar-refractivity contribution in [1.82, 2.24) is 9.55 Å². The van der Waals surface area contributed by atoms with Crippen molar-refractivity contribution in [2.24, 2.45) is 5.73 Å². The predicted molar refractivity (Wildman–Crippen MR) is 79.5 cm³/mol. The maximum Gasteiger partial charge on any atom is 0.176 e. The average Bonchev–Trinajstić information content (AvgIpc) is 2.90. The second-order valence-corrected chi connectivity index (χ2v) is 5.08. The maximum atomic E-state index is 9.30. The molecule has 2 aromatic rings. The molecule has 0 amide bonds. The van der Waals surface area contributed by atoms with Gasteiger partial charge in [-0.25, -0.2) is 4.98 Å². The van der Waals surface area contributed by atoms with Crippen LogP contribution in [-0.2, 0) is 0 Å². The van der Waals surface area contributed by atoms with Gasteiger partial charge >= 0.3 is 0 Å². The van der Waals surface area contributed by atoms with Gasteiger partial charge < -0.3 is 10.3 Å². The summed E-state index contributed by atoms with van der Waals surface area (Å²) < 4.78 is 1.65. The van der Waals surface area contributed by atoms with Crippen LogP contribution in [0.5, 0.6) is 0 Å². The van der Waals surface area contributed by atoms with E-state index in [2.05, 4.69) is 4.98 Å². The van der Waals surface area contributed by atoms with Crippen LogP contribution in [0.15, 0.2) is 30.6 Å². The Morgan fingerprint density at radius 3 is 2.71 bits per heavy atom. The first-order chi connectivity index (χ1) is 10.1. The highest BCUT2D eigenvalue weighted by molar-refractivity contribution is 6.30. The minimum atomic E-state index is -0.294. The van der Waals surface area contributed by atoms with Crippen molar-refractivity contribution in [2.75, 3.05) is 0 Å². The Balaban J connectivity index is 2.60. The van der Waals surface area contributed by atoms with Crippen LogP contribution in [0.2, 0.25) is 5.02 Å². The summed E-state index contributed by atoms with van der Waals surface area (Å²) in [5.74, 6) is 0. The highest BCUT2D eigenvalue weighted by Gasteiger charge is 2.25. The first-order valence-electron chi connectivity index (χ1n) is 6.50. The SMILES string of the molecule is CCC(N)C(c1cccc(Cl)c1)n1cnc(C#N)c1C#N. The number of halogens is 1. The van der Waals surface area contributed by atoms with E-state index in [1.54, 1.807) is 10.6 Å². The van der Waals surface area contributed by atoms with E-state index in [1.165, 1.54) is 6.33 Å². The number of imidazole rings is 1. The summed E-state index contributed by atoms with van der Waals surface area (Å²) in [4.78, 5) is 3.98. The molecular formula is C15H14ClN5. The fraction of sp³-hybridized carbons (Fsp3) is 0.267. The third-order valence-corrected chi connectivity index (χ3v) is 3.61. The summed E-state index contributed by atoms with van der Waals surface area (Å²) in [7, 11) is 0. The average molecular weight is 300 g/mol. The highest BCUT2D eigenvalue weighted by atomic mass is 35.5. The predicted octanol–water partition coefficient (Wildman–Crippen LogP) is 2.61. The molecule has 6 heteroatoms. The molecule has 0 spiro atoms. The lowest BCUT2D eigenvalue weighted by Gasteiger charge is -2.25.